The molecule has 27 heavy (non-hydrogen) atoms. The first-order valence-electron chi connectivity index (χ1n) is 9.41. The van der Waals surface area contributed by atoms with Crippen LogP contribution in [0.3, 0.4) is 0 Å². The second-order valence-corrected chi connectivity index (χ2v) is 6.88. The van der Waals surface area contributed by atoms with Crippen LogP contribution in [0.4, 0.5) is 10.5 Å². The third kappa shape index (κ3) is 3.79. The van der Waals surface area contributed by atoms with Crippen LogP contribution in [-0.4, -0.2) is 50.8 Å². The van der Waals surface area contributed by atoms with Gasteiger partial charge in [-0.3, -0.25) is 0 Å². The molecule has 6 nitrogen and oxygen atoms in total. The Morgan fingerprint density at radius 2 is 1.89 bits per heavy atom. The van der Waals surface area contributed by atoms with Crippen LogP contribution in [-0.2, 0) is 0 Å². The molecule has 2 aromatic carbocycles. The van der Waals surface area contributed by atoms with Crippen molar-refractivity contribution >= 4 is 11.7 Å². The Bertz CT molecular complexity index is 794. The number of anilines is 1. The van der Waals surface area contributed by atoms with Gasteiger partial charge in [0.1, 0.15) is 18.1 Å². The van der Waals surface area contributed by atoms with Crippen LogP contribution >= 0.6 is 0 Å². The smallest absolute Gasteiger partial charge is 0.318 e. The molecule has 2 aliphatic rings. The Labute approximate surface area is 159 Å². The number of rotatable bonds is 3. The topological polar surface area (TPSA) is 54.0 Å². The zero-order valence-electron chi connectivity index (χ0n) is 15.6. The van der Waals surface area contributed by atoms with Gasteiger partial charge in [0.2, 0.25) is 0 Å². The lowest BCUT2D eigenvalue weighted by Gasteiger charge is -2.25. The number of methoxy groups -OCH3 is 1. The fourth-order valence-corrected chi connectivity index (χ4v) is 3.69. The molecule has 0 saturated carbocycles. The average molecular weight is 367 g/mol. The first kappa shape index (κ1) is 17.5. The van der Waals surface area contributed by atoms with E-state index >= 15 is 0 Å². The maximum Gasteiger partial charge on any atom is 0.318 e. The van der Waals surface area contributed by atoms with Crippen molar-refractivity contribution in [3.8, 4) is 11.5 Å². The maximum absolute atomic E-state index is 12.8. The Morgan fingerprint density at radius 1 is 1.07 bits per heavy atom. The average Bonchev–Trinajstić information content (AvgIpc) is 2.95. The zero-order valence-corrected chi connectivity index (χ0v) is 15.6. The van der Waals surface area contributed by atoms with Crippen LogP contribution in [0.25, 0.3) is 0 Å². The van der Waals surface area contributed by atoms with Gasteiger partial charge in [-0.05, 0) is 36.8 Å². The van der Waals surface area contributed by atoms with Gasteiger partial charge in [0.15, 0.2) is 0 Å². The normalized spacial score (nSPS) is 19.1. The van der Waals surface area contributed by atoms with Crippen molar-refractivity contribution in [1.82, 2.24) is 10.2 Å². The summed E-state index contributed by atoms with van der Waals surface area (Å²) in [5.41, 5.74) is 2.22. The van der Waals surface area contributed by atoms with Gasteiger partial charge in [-0.25, -0.2) is 4.79 Å². The van der Waals surface area contributed by atoms with Gasteiger partial charge in [-0.1, -0.05) is 18.2 Å². The summed E-state index contributed by atoms with van der Waals surface area (Å²) in [7, 11) is 1.67. The van der Waals surface area contributed by atoms with Gasteiger partial charge in [0.05, 0.1) is 13.2 Å². The number of fused-ring (bicyclic) bond motifs is 1. The maximum atomic E-state index is 12.8. The molecular weight excluding hydrogens is 342 g/mol. The van der Waals surface area contributed by atoms with E-state index in [4.69, 9.17) is 9.47 Å². The van der Waals surface area contributed by atoms with Crippen molar-refractivity contribution in [3.63, 3.8) is 0 Å². The summed E-state index contributed by atoms with van der Waals surface area (Å²) >= 11 is 0. The molecule has 4 rings (SSSR count). The molecule has 2 heterocycles. The summed E-state index contributed by atoms with van der Waals surface area (Å²) in [6.07, 6.45) is 0.942. The third-order valence-electron chi connectivity index (χ3n) is 5.22. The van der Waals surface area contributed by atoms with E-state index in [2.05, 4.69) is 22.3 Å². The van der Waals surface area contributed by atoms with Gasteiger partial charge in [0.25, 0.3) is 0 Å². The van der Waals surface area contributed by atoms with Crippen molar-refractivity contribution in [1.29, 1.82) is 0 Å². The van der Waals surface area contributed by atoms with E-state index in [9.17, 15) is 4.79 Å². The minimum absolute atomic E-state index is 0.0168. The highest BCUT2D eigenvalue weighted by Crippen LogP contribution is 2.31. The molecule has 1 atom stereocenters. The largest absolute Gasteiger partial charge is 0.497 e. The molecule has 0 spiro atoms. The van der Waals surface area contributed by atoms with E-state index in [-0.39, 0.29) is 12.1 Å². The fourth-order valence-electron chi connectivity index (χ4n) is 3.69. The second-order valence-electron chi connectivity index (χ2n) is 6.88. The quantitative estimate of drug-likeness (QED) is 0.906. The molecule has 2 amide bonds. The predicted molar refractivity (Wildman–Crippen MR) is 105 cm³/mol. The van der Waals surface area contributed by atoms with Crippen LogP contribution in [0.15, 0.2) is 48.5 Å². The molecule has 0 radical (unpaired) electrons. The van der Waals surface area contributed by atoms with E-state index in [1.807, 2.05) is 41.3 Å². The number of para-hydroxylation sites is 1. The number of nitrogens with zero attached hydrogens (tertiary/aromatic N) is 2. The number of urea groups is 1. The molecule has 0 aliphatic carbocycles. The van der Waals surface area contributed by atoms with Crippen LogP contribution in [0.5, 0.6) is 11.5 Å². The van der Waals surface area contributed by atoms with E-state index in [1.165, 1.54) is 0 Å². The number of nitrogens with one attached hydrogen (secondary N) is 1. The molecule has 0 aromatic heterocycles. The molecule has 142 valence electrons. The second kappa shape index (κ2) is 7.78. The van der Waals surface area contributed by atoms with E-state index in [0.29, 0.717) is 13.2 Å². The number of amides is 2. The van der Waals surface area contributed by atoms with Crippen molar-refractivity contribution in [2.24, 2.45) is 0 Å². The lowest BCUT2D eigenvalue weighted by molar-refractivity contribution is 0.193. The Balaban J connectivity index is 1.36. The first-order chi connectivity index (χ1) is 13.2. The van der Waals surface area contributed by atoms with E-state index in [1.54, 1.807) is 7.11 Å². The summed E-state index contributed by atoms with van der Waals surface area (Å²) in [5.74, 6) is 1.72. The van der Waals surface area contributed by atoms with Crippen molar-refractivity contribution in [2.45, 2.75) is 12.5 Å². The lowest BCUT2D eigenvalue weighted by atomic mass is 10.1. The van der Waals surface area contributed by atoms with Crippen LogP contribution < -0.4 is 19.7 Å². The van der Waals surface area contributed by atoms with Gasteiger partial charge in [0, 0.05) is 37.4 Å². The molecule has 0 unspecified atom stereocenters. The summed E-state index contributed by atoms with van der Waals surface area (Å²) < 4.78 is 10.9. The van der Waals surface area contributed by atoms with Gasteiger partial charge in [-0.2, -0.15) is 0 Å². The first-order valence-corrected chi connectivity index (χ1v) is 9.41. The van der Waals surface area contributed by atoms with Crippen LogP contribution in [0.2, 0.25) is 0 Å². The van der Waals surface area contributed by atoms with E-state index < -0.39 is 0 Å². The molecular formula is C21H25N3O3. The minimum atomic E-state index is -0.0744. The molecule has 2 aromatic rings. The predicted octanol–water partition coefficient (Wildman–Crippen LogP) is 3.05. The van der Waals surface area contributed by atoms with Crippen LogP contribution in [0.1, 0.15) is 18.0 Å². The molecule has 2 aliphatic heterocycles. The fraction of sp³-hybridized carbons (Fsp3) is 0.381. The highest BCUT2D eigenvalue weighted by Gasteiger charge is 2.27. The number of hydrogen-bond acceptors (Lipinski definition) is 4. The monoisotopic (exact) mass is 367 g/mol. The highest BCUT2D eigenvalue weighted by atomic mass is 16.5. The van der Waals surface area contributed by atoms with E-state index in [0.717, 1.165) is 48.8 Å². The minimum Gasteiger partial charge on any atom is -0.497 e. The molecule has 1 N–H and O–H groups in total. The number of carbonyl (C=O) groups excluding carboxylic acids is 1. The Kier molecular flexibility index (Phi) is 5.05. The molecule has 0 bridgehead atoms. The SMILES string of the molecule is COc1ccc(N2CCCN(C(=O)N[C@H]3COc4ccccc43)CC2)cc1. The van der Waals surface area contributed by atoms with Crippen molar-refractivity contribution in [3.05, 3.63) is 54.1 Å². The van der Waals surface area contributed by atoms with Gasteiger partial charge >= 0.3 is 6.03 Å². The lowest BCUT2D eigenvalue weighted by Crippen LogP contribution is -2.43. The number of carbonyl (C=O) groups is 1. The van der Waals surface area contributed by atoms with Gasteiger partial charge < -0.3 is 24.6 Å². The number of benzene rings is 2. The Hall–Kier alpha value is -2.89. The molecule has 1 fully saturated rings. The highest BCUT2D eigenvalue weighted by molar-refractivity contribution is 5.75. The number of ether oxygens (including phenoxy) is 2. The Morgan fingerprint density at radius 3 is 2.70 bits per heavy atom. The third-order valence-corrected chi connectivity index (χ3v) is 5.22. The summed E-state index contributed by atoms with van der Waals surface area (Å²) in [5, 5.41) is 3.13. The zero-order chi connectivity index (χ0) is 18.6. The number of hydrogen-bond donors (Lipinski definition) is 1. The van der Waals surface area contributed by atoms with Gasteiger partial charge in [-0.15, -0.1) is 0 Å². The van der Waals surface area contributed by atoms with Crippen molar-refractivity contribution in [2.75, 3.05) is 44.8 Å². The standard InChI is InChI=1S/C21H25N3O3/c1-26-17-9-7-16(8-10-17)23-11-4-12-24(14-13-23)21(25)22-19-15-27-20-6-3-2-5-18(19)20/h2-3,5-10,19H,4,11-15H2,1H3,(H,22,25)/t19-/m0/s1. The summed E-state index contributed by atoms with van der Waals surface area (Å²) in [6, 6.07) is 15.9. The molecule has 6 heteroatoms. The van der Waals surface area contributed by atoms with Crippen molar-refractivity contribution < 1.29 is 14.3 Å². The summed E-state index contributed by atoms with van der Waals surface area (Å²) in [6.45, 7) is 3.71. The summed E-state index contributed by atoms with van der Waals surface area (Å²) in [4.78, 5) is 17.0. The van der Waals surface area contributed by atoms with Crippen LogP contribution in [0, 0.1) is 0 Å². The molecule has 1 saturated heterocycles.